The van der Waals surface area contributed by atoms with Gasteiger partial charge in [-0.1, -0.05) is 0 Å². The molecule has 0 aliphatic carbocycles. The Kier molecular flexibility index (Phi) is 17.6. The molecule has 0 unspecified atom stereocenters. The molecule has 116 valence electrons. The molecule has 0 aromatic heterocycles. The maximum atomic E-state index is 5.49. The van der Waals surface area contributed by atoms with Crippen molar-refractivity contribution in [3.05, 3.63) is 0 Å². The Labute approximate surface area is 117 Å². The van der Waals surface area contributed by atoms with Gasteiger partial charge in [0.25, 0.3) is 0 Å². The Morgan fingerprint density at radius 2 is 1.05 bits per heavy atom. The van der Waals surface area contributed by atoms with Gasteiger partial charge in [-0.15, -0.1) is 0 Å². The fraction of sp³-hybridized carbons (Fsp3) is 1.00. The first-order chi connectivity index (χ1) is 9.41. The number of nitrogens with one attached hydrogen (secondary N) is 1. The third-order valence-electron chi connectivity index (χ3n) is 2.51. The summed E-state index contributed by atoms with van der Waals surface area (Å²) in [6.07, 6.45) is 3.95. The first kappa shape index (κ1) is 18.8. The summed E-state index contributed by atoms with van der Waals surface area (Å²) in [4.78, 5) is 0. The largest absolute Gasteiger partial charge is 0.385 e. The minimum atomic E-state index is 0.768. The third kappa shape index (κ3) is 17.8. The van der Waals surface area contributed by atoms with Crippen molar-refractivity contribution >= 4 is 0 Å². The van der Waals surface area contributed by atoms with Crippen molar-refractivity contribution in [2.45, 2.75) is 25.7 Å². The minimum Gasteiger partial charge on any atom is -0.385 e. The van der Waals surface area contributed by atoms with Crippen LogP contribution < -0.4 is 5.32 Å². The van der Waals surface area contributed by atoms with Crippen molar-refractivity contribution in [3.63, 3.8) is 0 Å². The van der Waals surface area contributed by atoms with Crippen LogP contribution in [0, 0.1) is 0 Å². The summed E-state index contributed by atoms with van der Waals surface area (Å²) in [6.45, 7) is 6.48. The summed E-state index contributed by atoms with van der Waals surface area (Å²) in [5.74, 6) is 0. The lowest BCUT2D eigenvalue weighted by Crippen LogP contribution is -2.11. The van der Waals surface area contributed by atoms with E-state index in [1.165, 1.54) is 0 Å². The van der Waals surface area contributed by atoms with Gasteiger partial charge in [0.05, 0.1) is 0 Å². The molecule has 5 heteroatoms. The van der Waals surface area contributed by atoms with Gasteiger partial charge in [-0.3, -0.25) is 0 Å². The Morgan fingerprint density at radius 3 is 1.47 bits per heavy atom. The second-order valence-electron chi connectivity index (χ2n) is 4.35. The van der Waals surface area contributed by atoms with Crippen LogP contribution in [0.1, 0.15) is 25.7 Å². The van der Waals surface area contributed by atoms with Gasteiger partial charge < -0.3 is 24.3 Å². The van der Waals surface area contributed by atoms with Gasteiger partial charge in [-0.2, -0.15) is 0 Å². The van der Waals surface area contributed by atoms with Gasteiger partial charge in [0, 0.05) is 53.4 Å². The molecule has 5 nitrogen and oxygen atoms in total. The molecule has 0 aliphatic heterocycles. The highest BCUT2D eigenvalue weighted by molar-refractivity contribution is 4.41. The summed E-state index contributed by atoms with van der Waals surface area (Å²) in [5.41, 5.74) is 0. The van der Waals surface area contributed by atoms with Crippen LogP contribution in [0.15, 0.2) is 0 Å². The van der Waals surface area contributed by atoms with E-state index in [2.05, 4.69) is 5.32 Å². The van der Waals surface area contributed by atoms with Gasteiger partial charge in [0.1, 0.15) is 0 Å². The van der Waals surface area contributed by atoms with E-state index < -0.39 is 0 Å². The SMILES string of the molecule is CNCCCOCCCOCCCOCCCOC. The van der Waals surface area contributed by atoms with Crippen LogP contribution in [-0.4, -0.2) is 67.0 Å². The Balaban J connectivity index is 2.88. The standard InChI is InChI=1S/C14H31NO4/c1-15-7-3-9-17-11-5-13-19-14-6-12-18-10-4-8-16-2/h15H,3-14H2,1-2H3. The van der Waals surface area contributed by atoms with E-state index in [9.17, 15) is 0 Å². The van der Waals surface area contributed by atoms with Crippen LogP contribution in [0.3, 0.4) is 0 Å². The monoisotopic (exact) mass is 277 g/mol. The predicted octanol–water partition coefficient (Wildman–Crippen LogP) is 1.46. The van der Waals surface area contributed by atoms with Crippen molar-refractivity contribution in [1.82, 2.24) is 5.32 Å². The van der Waals surface area contributed by atoms with E-state index in [4.69, 9.17) is 18.9 Å². The molecule has 0 aliphatic rings. The van der Waals surface area contributed by atoms with Gasteiger partial charge in [-0.05, 0) is 39.3 Å². The van der Waals surface area contributed by atoms with E-state index >= 15 is 0 Å². The summed E-state index contributed by atoms with van der Waals surface area (Å²) in [5, 5.41) is 3.09. The average Bonchev–Trinajstić information content (AvgIpc) is 2.43. The highest BCUT2D eigenvalue weighted by Crippen LogP contribution is 1.91. The summed E-state index contributed by atoms with van der Waals surface area (Å²) < 4.78 is 21.3. The van der Waals surface area contributed by atoms with Crippen LogP contribution in [0.4, 0.5) is 0 Å². The van der Waals surface area contributed by atoms with E-state index in [1.807, 2.05) is 7.05 Å². The molecule has 0 saturated heterocycles. The Morgan fingerprint density at radius 1 is 0.632 bits per heavy atom. The van der Waals surface area contributed by atoms with Crippen LogP contribution in [-0.2, 0) is 18.9 Å². The molecule has 0 heterocycles. The fourth-order valence-electron chi connectivity index (χ4n) is 1.49. The number of ether oxygens (including phenoxy) is 4. The Hall–Kier alpha value is -0.200. The van der Waals surface area contributed by atoms with Gasteiger partial charge in [-0.25, -0.2) is 0 Å². The van der Waals surface area contributed by atoms with E-state index in [0.29, 0.717) is 0 Å². The second-order valence-corrected chi connectivity index (χ2v) is 4.35. The lowest BCUT2D eigenvalue weighted by atomic mass is 10.4. The van der Waals surface area contributed by atoms with E-state index in [-0.39, 0.29) is 0 Å². The molecule has 0 bridgehead atoms. The lowest BCUT2D eigenvalue weighted by molar-refractivity contribution is 0.0580. The van der Waals surface area contributed by atoms with Crippen LogP contribution in [0.25, 0.3) is 0 Å². The minimum absolute atomic E-state index is 0.768. The molecule has 1 N–H and O–H groups in total. The topological polar surface area (TPSA) is 49.0 Å². The van der Waals surface area contributed by atoms with Gasteiger partial charge in [0.2, 0.25) is 0 Å². The average molecular weight is 277 g/mol. The van der Waals surface area contributed by atoms with Crippen molar-refractivity contribution in [2.75, 3.05) is 67.0 Å². The predicted molar refractivity (Wildman–Crippen MR) is 76.7 cm³/mol. The van der Waals surface area contributed by atoms with Crippen LogP contribution >= 0.6 is 0 Å². The van der Waals surface area contributed by atoms with Crippen LogP contribution in [0.5, 0.6) is 0 Å². The van der Waals surface area contributed by atoms with Gasteiger partial charge in [0.15, 0.2) is 0 Å². The van der Waals surface area contributed by atoms with Gasteiger partial charge >= 0.3 is 0 Å². The molecule has 0 aromatic rings. The molecule has 0 radical (unpaired) electrons. The van der Waals surface area contributed by atoms with Crippen molar-refractivity contribution < 1.29 is 18.9 Å². The normalized spacial score (nSPS) is 11.1. The molecule has 0 saturated carbocycles. The number of rotatable bonds is 16. The molecule has 19 heavy (non-hydrogen) atoms. The number of hydrogen-bond acceptors (Lipinski definition) is 5. The van der Waals surface area contributed by atoms with Crippen molar-refractivity contribution in [2.24, 2.45) is 0 Å². The van der Waals surface area contributed by atoms with Crippen molar-refractivity contribution in [3.8, 4) is 0 Å². The Bertz CT molecular complexity index is 142. The summed E-state index contributed by atoms with van der Waals surface area (Å²) in [6, 6.07) is 0. The molecule has 0 spiro atoms. The molecule has 0 amide bonds. The van der Waals surface area contributed by atoms with Crippen LogP contribution in [0.2, 0.25) is 0 Å². The zero-order valence-electron chi connectivity index (χ0n) is 12.6. The fourth-order valence-corrected chi connectivity index (χ4v) is 1.49. The van der Waals surface area contributed by atoms with E-state index in [0.717, 1.165) is 78.5 Å². The molecule has 0 fully saturated rings. The maximum Gasteiger partial charge on any atom is 0.0488 e. The molecule has 0 atom stereocenters. The first-order valence-corrected chi connectivity index (χ1v) is 7.28. The second kappa shape index (κ2) is 17.8. The molecule has 0 aromatic carbocycles. The maximum absolute atomic E-state index is 5.49. The first-order valence-electron chi connectivity index (χ1n) is 7.28. The quantitative estimate of drug-likeness (QED) is 0.433. The summed E-state index contributed by atoms with van der Waals surface area (Å²) in [7, 11) is 3.66. The lowest BCUT2D eigenvalue weighted by Gasteiger charge is -2.06. The molecular formula is C14H31NO4. The third-order valence-corrected chi connectivity index (χ3v) is 2.51. The van der Waals surface area contributed by atoms with E-state index in [1.54, 1.807) is 7.11 Å². The smallest absolute Gasteiger partial charge is 0.0488 e. The molecule has 0 rings (SSSR count). The van der Waals surface area contributed by atoms with Crippen molar-refractivity contribution in [1.29, 1.82) is 0 Å². The number of methoxy groups -OCH3 is 1. The highest BCUT2D eigenvalue weighted by Gasteiger charge is 1.93. The summed E-state index contributed by atoms with van der Waals surface area (Å²) >= 11 is 0. The zero-order chi connectivity index (χ0) is 14.0. The molecular weight excluding hydrogens is 246 g/mol. The highest BCUT2D eigenvalue weighted by atomic mass is 16.5. The number of hydrogen-bond donors (Lipinski definition) is 1. The zero-order valence-corrected chi connectivity index (χ0v) is 12.6.